The fourth-order valence-electron chi connectivity index (χ4n) is 2.86. The maximum absolute atomic E-state index is 12.2. The first-order chi connectivity index (χ1) is 8.34. The first kappa shape index (κ1) is 10.7. The largest absolute Gasteiger partial charge is 0.335 e. The number of nitrogens with one attached hydrogen (secondary N) is 1. The highest BCUT2D eigenvalue weighted by Crippen LogP contribution is 2.25. The molecule has 0 radical (unpaired) electrons. The molecule has 4 nitrogen and oxygen atoms in total. The van der Waals surface area contributed by atoms with E-state index in [1.54, 1.807) is 12.3 Å². The summed E-state index contributed by atoms with van der Waals surface area (Å²) in [5, 5.41) is 3.50. The van der Waals surface area contributed by atoms with Gasteiger partial charge in [-0.25, -0.2) is 0 Å². The molecule has 0 saturated carbocycles. The van der Waals surface area contributed by atoms with Crippen molar-refractivity contribution in [2.45, 2.75) is 18.9 Å². The lowest BCUT2D eigenvalue weighted by atomic mass is 9.94. The average Bonchev–Trinajstić information content (AvgIpc) is 2.82. The summed E-state index contributed by atoms with van der Waals surface area (Å²) in [6.45, 7) is 2.81. The highest BCUT2D eigenvalue weighted by atomic mass is 16.2. The van der Waals surface area contributed by atoms with Crippen molar-refractivity contribution in [1.82, 2.24) is 15.2 Å². The standard InChI is InChI=1S/C13H17N3O/c17-13(11-5-1-2-6-14-11)16-8-10-4-3-7-15-12(10)9-16/h1-2,5-6,10,12,15H,3-4,7-9H2. The van der Waals surface area contributed by atoms with Crippen molar-refractivity contribution in [2.75, 3.05) is 19.6 Å². The molecule has 2 aliphatic heterocycles. The SMILES string of the molecule is O=C(c1ccccn1)N1CC2CCCNC2C1. The third kappa shape index (κ3) is 2.05. The van der Waals surface area contributed by atoms with E-state index >= 15 is 0 Å². The zero-order valence-electron chi connectivity index (χ0n) is 9.80. The lowest BCUT2D eigenvalue weighted by Gasteiger charge is -2.24. The second-order valence-corrected chi connectivity index (χ2v) is 4.89. The second-order valence-electron chi connectivity index (χ2n) is 4.89. The van der Waals surface area contributed by atoms with Gasteiger partial charge in [-0.05, 0) is 37.4 Å². The molecule has 3 rings (SSSR count). The average molecular weight is 231 g/mol. The lowest BCUT2D eigenvalue weighted by molar-refractivity contribution is 0.0780. The van der Waals surface area contributed by atoms with E-state index in [1.165, 1.54) is 12.8 Å². The number of amides is 1. The first-order valence-corrected chi connectivity index (χ1v) is 6.28. The Balaban J connectivity index is 1.72. The number of pyridine rings is 1. The Hall–Kier alpha value is -1.42. The summed E-state index contributed by atoms with van der Waals surface area (Å²) in [5.74, 6) is 0.707. The fourth-order valence-corrected chi connectivity index (χ4v) is 2.86. The van der Waals surface area contributed by atoms with Gasteiger partial charge in [-0.2, -0.15) is 0 Å². The van der Waals surface area contributed by atoms with Crippen LogP contribution in [0.3, 0.4) is 0 Å². The van der Waals surface area contributed by atoms with E-state index in [0.29, 0.717) is 17.7 Å². The third-order valence-corrected chi connectivity index (χ3v) is 3.77. The predicted octanol–water partition coefficient (Wildman–Crippen LogP) is 0.906. The number of rotatable bonds is 1. The van der Waals surface area contributed by atoms with Crippen LogP contribution < -0.4 is 5.32 Å². The lowest BCUT2D eigenvalue weighted by Crippen LogP contribution is -2.41. The molecule has 4 heteroatoms. The van der Waals surface area contributed by atoms with Crippen molar-refractivity contribution < 1.29 is 4.79 Å². The number of nitrogens with zero attached hydrogens (tertiary/aromatic N) is 2. The minimum atomic E-state index is 0.0711. The Bertz CT molecular complexity index is 392. The topological polar surface area (TPSA) is 45.2 Å². The smallest absolute Gasteiger partial charge is 0.272 e. The second kappa shape index (κ2) is 4.45. The van der Waals surface area contributed by atoms with Crippen LogP contribution in [0.4, 0.5) is 0 Å². The van der Waals surface area contributed by atoms with Crippen LogP contribution in [0.5, 0.6) is 0 Å². The van der Waals surface area contributed by atoms with Crippen molar-refractivity contribution in [1.29, 1.82) is 0 Å². The molecule has 2 unspecified atom stereocenters. The molecule has 2 atom stereocenters. The van der Waals surface area contributed by atoms with E-state index in [2.05, 4.69) is 10.3 Å². The number of likely N-dealkylation sites (tertiary alicyclic amines) is 1. The van der Waals surface area contributed by atoms with Gasteiger partial charge in [0.15, 0.2) is 0 Å². The molecule has 2 aliphatic rings. The van der Waals surface area contributed by atoms with Crippen LogP contribution in [-0.4, -0.2) is 41.5 Å². The Morgan fingerprint density at radius 2 is 2.35 bits per heavy atom. The van der Waals surface area contributed by atoms with E-state index in [9.17, 15) is 4.79 Å². The van der Waals surface area contributed by atoms with Crippen LogP contribution in [0.15, 0.2) is 24.4 Å². The molecule has 3 heterocycles. The van der Waals surface area contributed by atoms with Gasteiger partial charge in [0.25, 0.3) is 5.91 Å². The maximum Gasteiger partial charge on any atom is 0.272 e. The summed E-state index contributed by atoms with van der Waals surface area (Å²) in [6.07, 6.45) is 4.14. The molecule has 90 valence electrons. The molecule has 17 heavy (non-hydrogen) atoms. The molecule has 2 saturated heterocycles. The van der Waals surface area contributed by atoms with Gasteiger partial charge in [0.05, 0.1) is 0 Å². The Morgan fingerprint density at radius 3 is 3.12 bits per heavy atom. The summed E-state index contributed by atoms with van der Waals surface area (Å²) < 4.78 is 0. The van der Waals surface area contributed by atoms with E-state index in [4.69, 9.17) is 0 Å². The molecule has 1 aromatic rings. The van der Waals surface area contributed by atoms with Crippen molar-refractivity contribution >= 4 is 5.91 Å². The molecule has 0 aliphatic carbocycles. The van der Waals surface area contributed by atoms with Gasteiger partial charge in [-0.3, -0.25) is 9.78 Å². The van der Waals surface area contributed by atoms with Crippen molar-refractivity contribution in [3.8, 4) is 0 Å². The summed E-state index contributed by atoms with van der Waals surface area (Å²) in [6, 6.07) is 5.98. The monoisotopic (exact) mass is 231 g/mol. The van der Waals surface area contributed by atoms with Gasteiger partial charge in [0.1, 0.15) is 5.69 Å². The predicted molar refractivity (Wildman–Crippen MR) is 64.7 cm³/mol. The number of hydrogen-bond acceptors (Lipinski definition) is 3. The number of piperidine rings is 1. The maximum atomic E-state index is 12.2. The number of fused-ring (bicyclic) bond motifs is 1. The summed E-state index contributed by atoms with van der Waals surface area (Å²) in [4.78, 5) is 18.3. The van der Waals surface area contributed by atoms with Gasteiger partial charge >= 0.3 is 0 Å². The van der Waals surface area contributed by atoms with Crippen molar-refractivity contribution in [2.24, 2.45) is 5.92 Å². The number of aromatic nitrogens is 1. The van der Waals surface area contributed by atoms with Crippen LogP contribution in [0.1, 0.15) is 23.3 Å². The van der Waals surface area contributed by atoms with E-state index in [0.717, 1.165) is 19.6 Å². The van der Waals surface area contributed by atoms with Crippen LogP contribution >= 0.6 is 0 Å². The zero-order valence-corrected chi connectivity index (χ0v) is 9.80. The fraction of sp³-hybridized carbons (Fsp3) is 0.538. The summed E-state index contributed by atoms with van der Waals surface area (Å²) in [7, 11) is 0. The summed E-state index contributed by atoms with van der Waals surface area (Å²) in [5.41, 5.74) is 0.561. The minimum Gasteiger partial charge on any atom is -0.335 e. The summed E-state index contributed by atoms with van der Waals surface area (Å²) >= 11 is 0. The third-order valence-electron chi connectivity index (χ3n) is 3.77. The van der Waals surface area contributed by atoms with Crippen molar-refractivity contribution in [3.63, 3.8) is 0 Å². The molecule has 1 amide bonds. The van der Waals surface area contributed by atoms with Gasteiger partial charge in [-0.15, -0.1) is 0 Å². The van der Waals surface area contributed by atoms with E-state index in [-0.39, 0.29) is 5.91 Å². The van der Waals surface area contributed by atoms with E-state index < -0.39 is 0 Å². The molecule has 0 aromatic carbocycles. The van der Waals surface area contributed by atoms with Gasteiger partial charge in [0.2, 0.25) is 0 Å². The molecule has 0 spiro atoms. The number of carbonyl (C=O) groups is 1. The van der Waals surface area contributed by atoms with Crippen molar-refractivity contribution in [3.05, 3.63) is 30.1 Å². The molecular weight excluding hydrogens is 214 g/mol. The Labute approximate surface area is 101 Å². The van der Waals surface area contributed by atoms with Crippen LogP contribution in [0.25, 0.3) is 0 Å². The molecule has 1 aromatic heterocycles. The van der Waals surface area contributed by atoms with Crippen LogP contribution in [-0.2, 0) is 0 Å². The van der Waals surface area contributed by atoms with Gasteiger partial charge in [-0.1, -0.05) is 6.07 Å². The molecule has 0 bridgehead atoms. The van der Waals surface area contributed by atoms with Gasteiger partial charge in [0, 0.05) is 25.3 Å². The van der Waals surface area contributed by atoms with E-state index in [1.807, 2.05) is 17.0 Å². The highest BCUT2D eigenvalue weighted by molar-refractivity contribution is 5.92. The first-order valence-electron chi connectivity index (χ1n) is 6.28. The Kier molecular flexibility index (Phi) is 2.81. The highest BCUT2D eigenvalue weighted by Gasteiger charge is 2.36. The molecular formula is C13H17N3O. The molecule has 2 fully saturated rings. The van der Waals surface area contributed by atoms with Gasteiger partial charge < -0.3 is 10.2 Å². The Morgan fingerprint density at radius 1 is 1.41 bits per heavy atom. The number of carbonyl (C=O) groups excluding carboxylic acids is 1. The minimum absolute atomic E-state index is 0.0711. The van der Waals surface area contributed by atoms with Crippen LogP contribution in [0, 0.1) is 5.92 Å². The normalized spacial score (nSPS) is 27.9. The molecule has 1 N–H and O–H groups in total. The number of hydrogen-bond donors (Lipinski definition) is 1. The zero-order chi connectivity index (χ0) is 11.7. The quantitative estimate of drug-likeness (QED) is 0.781. The van der Waals surface area contributed by atoms with Crippen LogP contribution in [0.2, 0.25) is 0 Å².